The molecule has 156 valence electrons. The molecular weight excluding hydrogens is 448 g/mol. The number of nitrogens with one attached hydrogen (secondary N) is 1. The Kier molecular flexibility index (Phi) is 9.74. The number of nitrogens with zero attached hydrogens (tertiary/aromatic N) is 1. The Hall–Kier alpha value is -1.79. The fraction of sp³-hybridized carbons (Fsp3) is 0.391. The highest BCUT2D eigenvalue weighted by Gasteiger charge is 2.26. The molecule has 6 heteroatoms. The van der Waals surface area contributed by atoms with Gasteiger partial charge >= 0.3 is 0 Å². The molecule has 0 radical (unpaired) electrons. The van der Waals surface area contributed by atoms with Gasteiger partial charge in [-0.15, -0.1) is 11.8 Å². The van der Waals surface area contributed by atoms with Crippen LogP contribution in [0, 0.1) is 0 Å². The van der Waals surface area contributed by atoms with Gasteiger partial charge in [0.2, 0.25) is 11.8 Å². The summed E-state index contributed by atoms with van der Waals surface area (Å²) in [4.78, 5) is 28.5. The number of carbonyl (C=O) groups is 2. The summed E-state index contributed by atoms with van der Waals surface area (Å²) < 4.78 is 0.987. The Labute approximate surface area is 186 Å². The van der Waals surface area contributed by atoms with Gasteiger partial charge in [0.15, 0.2) is 0 Å². The van der Waals surface area contributed by atoms with E-state index in [1.807, 2.05) is 68.4 Å². The minimum atomic E-state index is -0.526. The van der Waals surface area contributed by atoms with Crippen molar-refractivity contribution in [1.82, 2.24) is 10.2 Å². The standard InChI is InChI=1S/C23H29BrN2O2S/c1-4-17(2)25-23(28)18(3)26(16-19-10-12-20(24)13-11-19)22(27)14-15-29-21-8-6-5-7-9-21/h5-13,17-18H,4,14-16H2,1-3H3,(H,25,28). The topological polar surface area (TPSA) is 49.4 Å². The van der Waals surface area contributed by atoms with Crippen LogP contribution in [0.4, 0.5) is 0 Å². The summed E-state index contributed by atoms with van der Waals surface area (Å²) in [5.41, 5.74) is 1.00. The van der Waals surface area contributed by atoms with Crippen LogP contribution in [0.25, 0.3) is 0 Å². The number of hydrogen-bond acceptors (Lipinski definition) is 3. The quantitative estimate of drug-likeness (QED) is 0.475. The number of hydrogen-bond donors (Lipinski definition) is 1. The second kappa shape index (κ2) is 12.0. The second-order valence-electron chi connectivity index (χ2n) is 7.05. The average Bonchev–Trinajstić information content (AvgIpc) is 2.73. The summed E-state index contributed by atoms with van der Waals surface area (Å²) in [5, 5.41) is 3.00. The molecule has 1 N–H and O–H groups in total. The molecule has 0 aliphatic carbocycles. The monoisotopic (exact) mass is 476 g/mol. The summed E-state index contributed by atoms with van der Waals surface area (Å²) >= 11 is 5.09. The number of thioether (sulfide) groups is 1. The van der Waals surface area contributed by atoms with Gasteiger partial charge in [0.25, 0.3) is 0 Å². The predicted molar refractivity (Wildman–Crippen MR) is 124 cm³/mol. The lowest BCUT2D eigenvalue weighted by Crippen LogP contribution is -2.49. The van der Waals surface area contributed by atoms with Crippen molar-refractivity contribution in [2.24, 2.45) is 0 Å². The third kappa shape index (κ3) is 7.86. The lowest BCUT2D eigenvalue weighted by atomic mass is 10.1. The minimum absolute atomic E-state index is 0.0110. The first kappa shape index (κ1) is 23.5. The highest BCUT2D eigenvalue weighted by Crippen LogP contribution is 2.20. The van der Waals surface area contributed by atoms with Gasteiger partial charge in [0, 0.05) is 34.1 Å². The number of amides is 2. The molecule has 2 aromatic carbocycles. The van der Waals surface area contributed by atoms with Crippen LogP contribution in [0.1, 0.15) is 39.2 Å². The van der Waals surface area contributed by atoms with Gasteiger partial charge in [-0.3, -0.25) is 9.59 Å². The van der Waals surface area contributed by atoms with Crippen molar-refractivity contribution in [3.8, 4) is 0 Å². The van der Waals surface area contributed by atoms with Crippen molar-refractivity contribution < 1.29 is 9.59 Å². The number of carbonyl (C=O) groups excluding carboxylic acids is 2. The van der Waals surface area contributed by atoms with Crippen LogP contribution in [-0.4, -0.2) is 34.6 Å². The molecule has 2 unspecified atom stereocenters. The van der Waals surface area contributed by atoms with Crippen LogP contribution in [0.5, 0.6) is 0 Å². The van der Waals surface area contributed by atoms with E-state index in [0.29, 0.717) is 18.7 Å². The summed E-state index contributed by atoms with van der Waals surface area (Å²) in [6.07, 6.45) is 1.24. The van der Waals surface area contributed by atoms with Crippen molar-refractivity contribution in [2.45, 2.75) is 57.1 Å². The lowest BCUT2D eigenvalue weighted by Gasteiger charge is -2.29. The first-order valence-corrected chi connectivity index (χ1v) is 11.7. The molecule has 0 fully saturated rings. The van der Waals surface area contributed by atoms with Gasteiger partial charge in [-0.1, -0.05) is 53.2 Å². The fourth-order valence-corrected chi connectivity index (χ4v) is 3.88. The molecule has 0 spiro atoms. The molecule has 0 aromatic heterocycles. The Balaban J connectivity index is 2.06. The molecule has 0 saturated carbocycles. The highest BCUT2D eigenvalue weighted by atomic mass is 79.9. The van der Waals surface area contributed by atoms with Gasteiger partial charge in [-0.05, 0) is 50.1 Å². The van der Waals surface area contributed by atoms with Crippen molar-refractivity contribution in [3.05, 3.63) is 64.6 Å². The van der Waals surface area contributed by atoms with Gasteiger partial charge in [-0.25, -0.2) is 0 Å². The summed E-state index contributed by atoms with van der Waals surface area (Å²) in [6.45, 7) is 6.22. The van der Waals surface area contributed by atoms with Crippen LogP contribution in [0.3, 0.4) is 0 Å². The van der Waals surface area contributed by atoms with Crippen LogP contribution in [0.2, 0.25) is 0 Å². The second-order valence-corrected chi connectivity index (χ2v) is 9.14. The maximum atomic E-state index is 13.0. The molecule has 0 bridgehead atoms. The maximum Gasteiger partial charge on any atom is 0.242 e. The molecule has 0 saturated heterocycles. The van der Waals surface area contributed by atoms with E-state index in [1.54, 1.807) is 23.6 Å². The first-order chi connectivity index (χ1) is 13.9. The van der Waals surface area contributed by atoms with E-state index in [2.05, 4.69) is 21.2 Å². The van der Waals surface area contributed by atoms with Crippen LogP contribution in [0.15, 0.2) is 64.0 Å². The summed E-state index contributed by atoms with van der Waals surface area (Å²) in [7, 11) is 0. The van der Waals surface area contributed by atoms with Crippen LogP contribution < -0.4 is 5.32 Å². The van der Waals surface area contributed by atoms with Crippen LogP contribution >= 0.6 is 27.7 Å². The molecule has 2 rings (SSSR count). The Morgan fingerprint density at radius 1 is 1.07 bits per heavy atom. The molecule has 29 heavy (non-hydrogen) atoms. The first-order valence-electron chi connectivity index (χ1n) is 9.92. The van der Waals surface area contributed by atoms with Gasteiger partial charge < -0.3 is 10.2 Å². The molecule has 0 aliphatic rings. The van der Waals surface area contributed by atoms with E-state index < -0.39 is 6.04 Å². The Morgan fingerprint density at radius 2 is 1.72 bits per heavy atom. The maximum absolute atomic E-state index is 13.0. The zero-order chi connectivity index (χ0) is 21.2. The van der Waals surface area contributed by atoms with Gasteiger partial charge in [-0.2, -0.15) is 0 Å². The van der Waals surface area contributed by atoms with Crippen LogP contribution in [-0.2, 0) is 16.1 Å². The Bertz CT molecular complexity index is 783. The van der Waals surface area contributed by atoms with E-state index in [1.165, 1.54) is 0 Å². The summed E-state index contributed by atoms with van der Waals surface area (Å²) in [6, 6.07) is 17.5. The number of rotatable bonds is 10. The zero-order valence-electron chi connectivity index (χ0n) is 17.2. The van der Waals surface area contributed by atoms with Gasteiger partial charge in [0.1, 0.15) is 6.04 Å². The largest absolute Gasteiger partial charge is 0.352 e. The molecule has 0 aliphatic heterocycles. The fourth-order valence-electron chi connectivity index (χ4n) is 2.75. The molecule has 2 atom stereocenters. The Morgan fingerprint density at radius 3 is 2.34 bits per heavy atom. The molecule has 4 nitrogen and oxygen atoms in total. The summed E-state index contributed by atoms with van der Waals surface area (Å²) in [5.74, 6) is 0.558. The third-order valence-corrected chi connectivity index (χ3v) is 6.30. The van der Waals surface area contributed by atoms with Crippen molar-refractivity contribution >= 4 is 39.5 Å². The normalized spacial score (nSPS) is 12.8. The zero-order valence-corrected chi connectivity index (χ0v) is 19.6. The van der Waals surface area contributed by atoms with Crippen molar-refractivity contribution in [3.63, 3.8) is 0 Å². The minimum Gasteiger partial charge on any atom is -0.352 e. The predicted octanol–water partition coefficient (Wildman–Crippen LogP) is 5.26. The van der Waals surface area contributed by atoms with E-state index in [4.69, 9.17) is 0 Å². The van der Waals surface area contributed by atoms with Crippen molar-refractivity contribution in [2.75, 3.05) is 5.75 Å². The third-order valence-electron chi connectivity index (χ3n) is 4.76. The van der Waals surface area contributed by atoms with E-state index in [0.717, 1.165) is 21.4 Å². The molecule has 2 amide bonds. The smallest absolute Gasteiger partial charge is 0.242 e. The van der Waals surface area contributed by atoms with E-state index in [-0.39, 0.29) is 17.9 Å². The van der Waals surface area contributed by atoms with E-state index >= 15 is 0 Å². The van der Waals surface area contributed by atoms with Crippen molar-refractivity contribution in [1.29, 1.82) is 0 Å². The highest BCUT2D eigenvalue weighted by molar-refractivity contribution is 9.10. The van der Waals surface area contributed by atoms with E-state index in [9.17, 15) is 9.59 Å². The SMILES string of the molecule is CCC(C)NC(=O)C(C)N(Cc1ccc(Br)cc1)C(=O)CCSc1ccccc1. The lowest BCUT2D eigenvalue weighted by molar-refractivity contribution is -0.140. The molecule has 2 aromatic rings. The number of benzene rings is 2. The average molecular weight is 477 g/mol. The number of halogens is 1. The molecular formula is C23H29BrN2O2S. The van der Waals surface area contributed by atoms with Gasteiger partial charge in [0.05, 0.1) is 0 Å². The molecule has 0 heterocycles.